The summed E-state index contributed by atoms with van der Waals surface area (Å²) in [5.41, 5.74) is 1.21. The maximum absolute atomic E-state index is 11.5. The van der Waals surface area contributed by atoms with E-state index >= 15 is 0 Å². The zero-order valence-corrected chi connectivity index (χ0v) is 17.5. The van der Waals surface area contributed by atoms with Crippen LogP contribution >= 0.6 is 0 Å². The van der Waals surface area contributed by atoms with E-state index in [0.717, 1.165) is 63.0 Å². The van der Waals surface area contributed by atoms with Gasteiger partial charge >= 0.3 is 0 Å². The van der Waals surface area contributed by atoms with Gasteiger partial charge in [-0.2, -0.15) is 4.98 Å². The van der Waals surface area contributed by atoms with Gasteiger partial charge in [-0.15, -0.1) is 0 Å². The van der Waals surface area contributed by atoms with Gasteiger partial charge in [-0.05, 0) is 32.8 Å². The second-order valence-electron chi connectivity index (χ2n) is 8.44. The van der Waals surface area contributed by atoms with Gasteiger partial charge in [0.1, 0.15) is 5.75 Å². The number of carbonyl (C=O) groups is 1. The van der Waals surface area contributed by atoms with E-state index in [-0.39, 0.29) is 12.0 Å². The molecule has 2 fully saturated rings. The molecule has 0 aliphatic carbocycles. The van der Waals surface area contributed by atoms with Crippen molar-refractivity contribution in [3.05, 3.63) is 41.5 Å². The standard InChI is InChI=1S/C22H30N4O3/c1-15(2)28-20-7-5-4-6-18(20)12-25-13-19(14-25)22-23-21(24-29-22)17-8-10-26(11-9-17)16(3)27/h4-7,15,17,19H,8-14H2,1-3H3. The highest BCUT2D eigenvalue weighted by molar-refractivity contribution is 5.73. The first kappa shape index (κ1) is 19.9. The quantitative estimate of drug-likeness (QED) is 0.744. The third-order valence-electron chi connectivity index (χ3n) is 5.80. The zero-order valence-electron chi connectivity index (χ0n) is 17.5. The molecule has 0 spiro atoms. The molecule has 7 nitrogen and oxygen atoms in total. The van der Waals surface area contributed by atoms with Gasteiger partial charge in [-0.3, -0.25) is 9.69 Å². The van der Waals surface area contributed by atoms with Crippen LogP contribution in [0.2, 0.25) is 0 Å². The van der Waals surface area contributed by atoms with Crippen molar-refractivity contribution in [2.45, 2.75) is 58.1 Å². The maximum atomic E-state index is 11.5. The molecule has 2 aliphatic heterocycles. The molecule has 2 aromatic rings. The van der Waals surface area contributed by atoms with Gasteiger partial charge in [-0.1, -0.05) is 23.4 Å². The maximum Gasteiger partial charge on any atom is 0.232 e. The van der Waals surface area contributed by atoms with E-state index in [2.05, 4.69) is 22.2 Å². The number of rotatable bonds is 6. The monoisotopic (exact) mass is 398 g/mol. The molecule has 3 heterocycles. The number of piperidine rings is 1. The van der Waals surface area contributed by atoms with Gasteiger partial charge < -0.3 is 14.2 Å². The van der Waals surface area contributed by atoms with Crippen LogP contribution in [0.15, 0.2) is 28.8 Å². The number of likely N-dealkylation sites (tertiary alicyclic amines) is 2. The molecule has 2 saturated heterocycles. The summed E-state index contributed by atoms with van der Waals surface area (Å²) in [5.74, 6) is 3.25. The Kier molecular flexibility index (Phi) is 5.85. The molecule has 0 saturated carbocycles. The minimum atomic E-state index is 0.146. The van der Waals surface area contributed by atoms with E-state index < -0.39 is 0 Å². The number of hydrogen-bond acceptors (Lipinski definition) is 6. The van der Waals surface area contributed by atoms with Crippen LogP contribution in [0.25, 0.3) is 0 Å². The van der Waals surface area contributed by atoms with Gasteiger partial charge in [0.05, 0.1) is 12.0 Å². The van der Waals surface area contributed by atoms with Crippen LogP contribution in [0.5, 0.6) is 5.75 Å². The Labute approximate surface area is 172 Å². The third-order valence-corrected chi connectivity index (χ3v) is 5.80. The van der Waals surface area contributed by atoms with E-state index in [1.165, 1.54) is 5.56 Å². The first-order valence-electron chi connectivity index (χ1n) is 10.6. The lowest BCUT2D eigenvalue weighted by atomic mass is 9.95. The number of hydrogen-bond donors (Lipinski definition) is 0. The lowest BCUT2D eigenvalue weighted by molar-refractivity contribution is -0.129. The van der Waals surface area contributed by atoms with E-state index in [1.54, 1.807) is 6.92 Å². The van der Waals surface area contributed by atoms with Gasteiger partial charge in [0, 0.05) is 51.1 Å². The number of ether oxygens (including phenoxy) is 1. The highest BCUT2D eigenvalue weighted by atomic mass is 16.5. The number of nitrogens with zero attached hydrogens (tertiary/aromatic N) is 4. The second kappa shape index (κ2) is 8.53. The predicted octanol–water partition coefficient (Wildman–Crippen LogP) is 3.18. The summed E-state index contributed by atoms with van der Waals surface area (Å²) in [7, 11) is 0. The number of amides is 1. The minimum absolute atomic E-state index is 0.146. The van der Waals surface area contributed by atoms with Crippen molar-refractivity contribution in [3.8, 4) is 5.75 Å². The zero-order chi connectivity index (χ0) is 20.4. The third kappa shape index (κ3) is 4.61. The van der Waals surface area contributed by atoms with E-state index in [0.29, 0.717) is 11.8 Å². The van der Waals surface area contributed by atoms with Gasteiger partial charge in [0.15, 0.2) is 5.82 Å². The highest BCUT2D eigenvalue weighted by Gasteiger charge is 2.34. The van der Waals surface area contributed by atoms with Gasteiger partial charge in [0.2, 0.25) is 11.8 Å². The Balaban J connectivity index is 1.30. The summed E-state index contributed by atoms with van der Waals surface area (Å²) in [4.78, 5) is 20.4. The average Bonchev–Trinajstić information content (AvgIpc) is 3.14. The summed E-state index contributed by atoms with van der Waals surface area (Å²) >= 11 is 0. The smallest absolute Gasteiger partial charge is 0.232 e. The summed E-state index contributed by atoms with van der Waals surface area (Å²) in [5, 5.41) is 4.24. The molecule has 0 unspecified atom stereocenters. The van der Waals surface area contributed by atoms with Crippen LogP contribution in [-0.4, -0.2) is 58.1 Å². The minimum Gasteiger partial charge on any atom is -0.491 e. The van der Waals surface area contributed by atoms with Crippen LogP contribution in [0.1, 0.15) is 62.7 Å². The largest absolute Gasteiger partial charge is 0.491 e. The number of aromatic nitrogens is 2. The fourth-order valence-corrected chi connectivity index (χ4v) is 4.13. The number of benzene rings is 1. The first-order valence-corrected chi connectivity index (χ1v) is 10.6. The van der Waals surface area contributed by atoms with Crippen molar-refractivity contribution in [1.82, 2.24) is 19.9 Å². The summed E-state index contributed by atoms with van der Waals surface area (Å²) < 4.78 is 11.5. The highest BCUT2D eigenvalue weighted by Crippen LogP contribution is 2.32. The Morgan fingerprint density at radius 1 is 1.21 bits per heavy atom. The molecule has 1 amide bonds. The van der Waals surface area contributed by atoms with Crippen molar-refractivity contribution in [2.24, 2.45) is 0 Å². The molecule has 156 valence electrons. The molecular formula is C22H30N4O3. The summed E-state index contributed by atoms with van der Waals surface area (Å²) in [6.07, 6.45) is 1.98. The molecular weight excluding hydrogens is 368 g/mol. The Hall–Kier alpha value is -2.41. The Bertz CT molecular complexity index is 836. The van der Waals surface area contributed by atoms with Crippen molar-refractivity contribution >= 4 is 5.91 Å². The SMILES string of the molecule is CC(=O)N1CCC(c2noc(C3CN(Cc4ccccc4OC(C)C)C3)n2)CC1. The van der Waals surface area contributed by atoms with Crippen molar-refractivity contribution < 1.29 is 14.1 Å². The molecule has 7 heteroatoms. The molecule has 29 heavy (non-hydrogen) atoms. The van der Waals surface area contributed by atoms with Crippen molar-refractivity contribution in [1.29, 1.82) is 0 Å². The topological polar surface area (TPSA) is 71.7 Å². The van der Waals surface area contributed by atoms with Crippen molar-refractivity contribution in [2.75, 3.05) is 26.2 Å². The van der Waals surface area contributed by atoms with E-state index in [4.69, 9.17) is 14.2 Å². The molecule has 0 atom stereocenters. The van der Waals surface area contributed by atoms with Crippen molar-refractivity contribution in [3.63, 3.8) is 0 Å². The van der Waals surface area contributed by atoms with Crippen LogP contribution < -0.4 is 4.74 Å². The molecule has 0 radical (unpaired) electrons. The molecule has 1 aromatic carbocycles. The van der Waals surface area contributed by atoms with E-state index in [9.17, 15) is 4.79 Å². The predicted molar refractivity (Wildman–Crippen MR) is 109 cm³/mol. The Morgan fingerprint density at radius 2 is 1.93 bits per heavy atom. The number of carbonyl (C=O) groups excluding carboxylic acids is 1. The van der Waals surface area contributed by atoms with Gasteiger partial charge in [0.25, 0.3) is 0 Å². The number of para-hydroxylation sites is 1. The van der Waals surface area contributed by atoms with Gasteiger partial charge in [-0.25, -0.2) is 0 Å². The molecule has 0 bridgehead atoms. The normalized spacial score (nSPS) is 18.8. The Morgan fingerprint density at radius 3 is 2.62 bits per heavy atom. The molecule has 2 aliphatic rings. The molecule has 4 rings (SSSR count). The lowest BCUT2D eigenvalue weighted by Gasteiger charge is -2.37. The average molecular weight is 399 g/mol. The van der Waals surface area contributed by atoms with Crippen LogP contribution in [-0.2, 0) is 11.3 Å². The molecule has 1 aromatic heterocycles. The van der Waals surface area contributed by atoms with Crippen LogP contribution in [0, 0.1) is 0 Å². The van der Waals surface area contributed by atoms with Crippen LogP contribution in [0.4, 0.5) is 0 Å². The fourth-order valence-electron chi connectivity index (χ4n) is 4.13. The second-order valence-corrected chi connectivity index (χ2v) is 8.44. The fraction of sp³-hybridized carbons (Fsp3) is 0.591. The molecule has 0 N–H and O–H groups in total. The summed E-state index contributed by atoms with van der Waals surface area (Å²) in [6.45, 7) is 9.98. The summed E-state index contributed by atoms with van der Waals surface area (Å²) in [6, 6.07) is 8.24. The first-order chi connectivity index (χ1) is 14.0. The lowest BCUT2D eigenvalue weighted by Crippen LogP contribution is -2.44. The van der Waals surface area contributed by atoms with E-state index in [1.807, 2.05) is 30.9 Å². The van der Waals surface area contributed by atoms with Crippen LogP contribution in [0.3, 0.4) is 0 Å².